The predicted molar refractivity (Wildman–Crippen MR) is 59.4 cm³/mol. The van der Waals surface area contributed by atoms with Crippen molar-refractivity contribution < 1.29 is 0 Å². The molecule has 0 aliphatic heterocycles. The molecule has 78 valence electrons. The molecule has 0 aromatic carbocycles. The molecule has 0 aromatic rings. The van der Waals surface area contributed by atoms with E-state index in [9.17, 15) is 0 Å². The summed E-state index contributed by atoms with van der Waals surface area (Å²) in [6, 6.07) is 2.26. The van der Waals surface area contributed by atoms with Gasteiger partial charge >= 0.3 is 0 Å². The van der Waals surface area contributed by atoms with Crippen LogP contribution in [0.15, 0.2) is 0 Å². The Bertz CT molecular complexity index is 122. The second-order valence-electron chi connectivity index (χ2n) is 3.65. The highest BCUT2D eigenvalue weighted by Crippen LogP contribution is 2.19. The summed E-state index contributed by atoms with van der Waals surface area (Å²) >= 11 is 0. The molecule has 0 heterocycles. The quantitative estimate of drug-likeness (QED) is 0.620. The van der Waals surface area contributed by atoms with E-state index in [0.717, 1.165) is 12.3 Å². The summed E-state index contributed by atoms with van der Waals surface area (Å²) < 4.78 is 0. The van der Waals surface area contributed by atoms with Crippen molar-refractivity contribution in [3.05, 3.63) is 0 Å². The highest BCUT2D eigenvalue weighted by molar-refractivity contribution is 4.76. The minimum absolute atomic E-state index is 0.644. The van der Waals surface area contributed by atoms with Crippen LogP contribution in [0.5, 0.6) is 0 Å². The molecule has 0 radical (unpaired) electrons. The Labute approximate surface area is 84.2 Å². The molecule has 0 aliphatic rings. The van der Waals surface area contributed by atoms with Crippen LogP contribution in [0.3, 0.4) is 0 Å². The topological polar surface area (TPSA) is 23.8 Å². The highest BCUT2D eigenvalue weighted by atomic mass is 14.2. The van der Waals surface area contributed by atoms with Crippen LogP contribution >= 0.6 is 0 Å². The first-order valence-electron chi connectivity index (χ1n) is 5.57. The summed E-state index contributed by atoms with van der Waals surface area (Å²) in [4.78, 5) is 0. The summed E-state index contributed by atoms with van der Waals surface area (Å²) in [7, 11) is 0. The number of nitriles is 1. The third-order valence-corrected chi connectivity index (χ3v) is 1.88. The molecule has 1 nitrogen and oxygen atoms in total. The Kier molecular flexibility index (Phi) is 13.2. The van der Waals surface area contributed by atoms with Crippen LogP contribution in [-0.2, 0) is 0 Å². The molecule has 0 spiro atoms. The Morgan fingerprint density at radius 3 is 2.08 bits per heavy atom. The monoisotopic (exact) mass is 183 g/mol. The van der Waals surface area contributed by atoms with E-state index in [2.05, 4.69) is 26.8 Å². The van der Waals surface area contributed by atoms with Gasteiger partial charge in [0.05, 0.1) is 6.07 Å². The lowest BCUT2D eigenvalue weighted by atomic mass is 9.91. The number of nitrogens with zero attached hydrogens (tertiary/aromatic N) is 1. The van der Waals surface area contributed by atoms with E-state index in [0.29, 0.717) is 5.92 Å². The van der Waals surface area contributed by atoms with E-state index in [4.69, 9.17) is 5.26 Å². The molecule has 0 aliphatic carbocycles. The molecule has 1 unspecified atom stereocenters. The average Bonchev–Trinajstić information content (AvgIpc) is 2.08. The fraction of sp³-hybridized carbons (Fsp3) is 0.917. The molecular weight excluding hydrogens is 158 g/mol. The molecule has 13 heavy (non-hydrogen) atoms. The lowest BCUT2D eigenvalue weighted by molar-refractivity contribution is 0.389. The molecule has 0 bridgehead atoms. The number of hydrogen-bond donors (Lipinski definition) is 0. The van der Waals surface area contributed by atoms with Crippen LogP contribution < -0.4 is 0 Å². The Balaban J connectivity index is 0. The van der Waals surface area contributed by atoms with Gasteiger partial charge in [0.25, 0.3) is 0 Å². The van der Waals surface area contributed by atoms with Crippen molar-refractivity contribution in [3.63, 3.8) is 0 Å². The van der Waals surface area contributed by atoms with Gasteiger partial charge < -0.3 is 0 Å². The standard InChI is InChI=1S/C10H19N.C2H6/c1-4-5-10(6-7-11)8-9(2)3;1-2/h9-10H,4-6,8H2,1-3H3;1-2H3. The second kappa shape index (κ2) is 11.5. The van der Waals surface area contributed by atoms with Gasteiger partial charge in [0.15, 0.2) is 0 Å². The van der Waals surface area contributed by atoms with Gasteiger partial charge in [0.1, 0.15) is 0 Å². The van der Waals surface area contributed by atoms with E-state index in [1.807, 2.05) is 13.8 Å². The first-order chi connectivity index (χ1) is 6.20. The number of hydrogen-bond acceptors (Lipinski definition) is 1. The fourth-order valence-corrected chi connectivity index (χ4v) is 1.51. The van der Waals surface area contributed by atoms with Gasteiger partial charge in [-0.05, 0) is 24.7 Å². The van der Waals surface area contributed by atoms with Crippen molar-refractivity contribution in [1.82, 2.24) is 0 Å². The van der Waals surface area contributed by atoms with Gasteiger partial charge in [-0.25, -0.2) is 0 Å². The number of rotatable bonds is 5. The fourth-order valence-electron chi connectivity index (χ4n) is 1.51. The first kappa shape index (κ1) is 15.0. The van der Waals surface area contributed by atoms with Crippen LogP contribution in [-0.4, -0.2) is 0 Å². The van der Waals surface area contributed by atoms with Gasteiger partial charge in [0, 0.05) is 6.42 Å². The third-order valence-electron chi connectivity index (χ3n) is 1.88. The predicted octanol–water partition coefficient (Wildman–Crippen LogP) is 4.39. The van der Waals surface area contributed by atoms with Crippen LogP contribution in [0.25, 0.3) is 0 Å². The molecular formula is C12H25N. The minimum atomic E-state index is 0.644. The van der Waals surface area contributed by atoms with Gasteiger partial charge in [-0.1, -0.05) is 41.0 Å². The van der Waals surface area contributed by atoms with Crippen LogP contribution in [0.4, 0.5) is 0 Å². The Morgan fingerprint density at radius 1 is 1.23 bits per heavy atom. The zero-order valence-electron chi connectivity index (χ0n) is 9.93. The molecule has 0 amide bonds. The van der Waals surface area contributed by atoms with E-state index in [-0.39, 0.29) is 0 Å². The molecule has 0 saturated carbocycles. The van der Waals surface area contributed by atoms with Crippen molar-refractivity contribution in [2.24, 2.45) is 11.8 Å². The Hall–Kier alpha value is -0.510. The maximum atomic E-state index is 8.53. The highest BCUT2D eigenvalue weighted by Gasteiger charge is 2.08. The minimum Gasteiger partial charge on any atom is -0.198 e. The van der Waals surface area contributed by atoms with Crippen LogP contribution in [0.1, 0.15) is 60.3 Å². The van der Waals surface area contributed by atoms with Gasteiger partial charge in [-0.15, -0.1) is 0 Å². The van der Waals surface area contributed by atoms with Crippen molar-refractivity contribution in [2.45, 2.75) is 60.3 Å². The molecule has 0 aromatic heterocycles. The maximum absolute atomic E-state index is 8.53. The van der Waals surface area contributed by atoms with E-state index < -0.39 is 0 Å². The van der Waals surface area contributed by atoms with Crippen molar-refractivity contribution in [3.8, 4) is 6.07 Å². The third kappa shape index (κ3) is 11.5. The van der Waals surface area contributed by atoms with Gasteiger partial charge in [-0.2, -0.15) is 5.26 Å². The molecule has 0 N–H and O–H groups in total. The molecule has 1 heteroatoms. The normalized spacial score (nSPS) is 11.5. The largest absolute Gasteiger partial charge is 0.198 e. The Morgan fingerprint density at radius 2 is 1.77 bits per heavy atom. The SMILES string of the molecule is CC.CCCC(CC#N)CC(C)C. The summed E-state index contributed by atoms with van der Waals surface area (Å²) in [6.07, 6.45) is 4.37. The summed E-state index contributed by atoms with van der Waals surface area (Å²) in [5.74, 6) is 1.38. The molecule has 0 fully saturated rings. The van der Waals surface area contributed by atoms with Gasteiger partial charge in [-0.3, -0.25) is 0 Å². The van der Waals surface area contributed by atoms with Crippen molar-refractivity contribution in [2.75, 3.05) is 0 Å². The van der Waals surface area contributed by atoms with Gasteiger partial charge in [0.2, 0.25) is 0 Å². The molecule has 0 saturated heterocycles. The summed E-state index contributed by atoms with van der Waals surface area (Å²) in [5.41, 5.74) is 0. The maximum Gasteiger partial charge on any atom is 0.0624 e. The van der Waals surface area contributed by atoms with E-state index in [1.165, 1.54) is 19.3 Å². The lowest BCUT2D eigenvalue weighted by Gasteiger charge is -2.14. The second-order valence-corrected chi connectivity index (χ2v) is 3.65. The summed E-state index contributed by atoms with van der Waals surface area (Å²) in [6.45, 7) is 10.6. The average molecular weight is 183 g/mol. The van der Waals surface area contributed by atoms with E-state index in [1.54, 1.807) is 0 Å². The first-order valence-corrected chi connectivity index (χ1v) is 5.57. The zero-order valence-corrected chi connectivity index (χ0v) is 9.93. The van der Waals surface area contributed by atoms with Crippen LogP contribution in [0.2, 0.25) is 0 Å². The lowest BCUT2D eigenvalue weighted by Crippen LogP contribution is -2.03. The van der Waals surface area contributed by atoms with E-state index >= 15 is 0 Å². The van der Waals surface area contributed by atoms with Crippen LogP contribution in [0, 0.1) is 23.2 Å². The van der Waals surface area contributed by atoms with Crippen molar-refractivity contribution >= 4 is 0 Å². The molecule has 1 atom stereocenters. The van der Waals surface area contributed by atoms with Crippen molar-refractivity contribution in [1.29, 1.82) is 5.26 Å². The zero-order chi connectivity index (χ0) is 10.7. The smallest absolute Gasteiger partial charge is 0.0624 e. The molecule has 0 rings (SSSR count). The summed E-state index contributed by atoms with van der Waals surface area (Å²) in [5, 5.41) is 8.53.